The van der Waals surface area contributed by atoms with E-state index in [1.165, 1.54) is 0 Å². The van der Waals surface area contributed by atoms with Gasteiger partial charge in [0.1, 0.15) is 11.4 Å². The number of Topliss-reactive ketones (excluding diaryl/α,β-unsaturated/α-hetero) is 1. The molecule has 1 aliphatic heterocycles. The third kappa shape index (κ3) is 2.84. The van der Waals surface area contributed by atoms with Crippen LogP contribution in [0, 0.1) is 0 Å². The number of allylic oxidation sites excluding steroid dienone is 1. The third-order valence-corrected chi connectivity index (χ3v) is 3.89. The summed E-state index contributed by atoms with van der Waals surface area (Å²) < 4.78 is 6.03. The van der Waals surface area contributed by atoms with Gasteiger partial charge in [-0.2, -0.15) is 0 Å². The van der Waals surface area contributed by atoms with Gasteiger partial charge >= 0.3 is 5.97 Å². The summed E-state index contributed by atoms with van der Waals surface area (Å²) in [5.41, 5.74) is 1.75. The Morgan fingerprint density at radius 3 is 2.74 bits per heavy atom. The molecule has 1 heterocycles. The molecule has 23 heavy (non-hydrogen) atoms. The molecule has 0 aromatic heterocycles. The van der Waals surface area contributed by atoms with E-state index in [9.17, 15) is 9.59 Å². The first kappa shape index (κ1) is 15.3. The highest BCUT2D eigenvalue weighted by molar-refractivity contribution is 6.54. The lowest BCUT2D eigenvalue weighted by atomic mass is 9.82. The van der Waals surface area contributed by atoms with Gasteiger partial charge in [-0.15, -0.1) is 0 Å². The minimum absolute atomic E-state index is 0.129. The summed E-state index contributed by atoms with van der Waals surface area (Å²) >= 11 is 0. The second-order valence-corrected chi connectivity index (χ2v) is 6.15. The molecule has 0 saturated carbocycles. The van der Waals surface area contributed by atoms with Crippen molar-refractivity contribution in [1.29, 1.82) is 0 Å². The van der Waals surface area contributed by atoms with Gasteiger partial charge in [-0.3, -0.25) is 4.79 Å². The van der Waals surface area contributed by atoms with E-state index in [4.69, 9.17) is 14.7 Å². The quantitative estimate of drug-likeness (QED) is 0.866. The first-order valence-electron chi connectivity index (χ1n) is 7.37. The van der Waals surface area contributed by atoms with E-state index in [2.05, 4.69) is 5.16 Å². The number of carbonyl (C=O) groups excluding carboxylic acids is 1. The number of benzene rings is 1. The number of ketones is 1. The predicted octanol–water partition coefficient (Wildman–Crippen LogP) is 2.37. The van der Waals surface area contributed by atoms with Crippen LogP contribution in [0.25, 0.3) is 5.76 Å². The van der Waals surface area contributed by atoms with Crippen LogP contribution < -0.4 is 0 Å². The van der Waals surface area contributed by atoms with Gasteiger partial charge < -0.3 is 14.7 Å². The highest BCUT2D eigenvalue weighted by atomic mass is 16.6. The lowest BCUT2D eigenvalue weighted by Gasteiger charge is -2.36. The van der Waals surface area contributed by atoms with Gasteiger partial charge in [0.15, 0.2) is 5.71 Å². The molecule has 120 valence electrons. The fraction of sp³-hybridized carbons (Fsp3) is 0.353. The molecule has 1 aliphatic carbocycles. The highest BCUT2D eigenvalue weighted by Gasteiger charge is 2.39. The Morgan fingerprint density at radius 1 is 1.35 bits per heavy atom. The summed E-state index contributed by atoms with van der Waals surface area (Å²) in [5, 5.41) is 12.4. The molecule has 0 spiro atoms. The van der Waals surface area contributed by atoms with Crippen molar-refractivity contribution in [3.63, 3.8) is 0 Å². The van der Waals surface area contributed by atoms with E-state index in [1.807, 2.05) is 26.0 Å². The van der Waals surface area contributed by atoms with Crippen molar-refractivity contribution in [1.82, 2.24) is 0 Å². The number of fused-ring (bicyclic) bond motifs is 2. The van der Waals surface area contributed by atoms with Crippen LogP contribution >= 0.6 is 0 Å². The molecule has 0 saturated heterocycles. The third-order valence-electron chi connectivity index (χ3n) is 3.89. The molecule has 6 nitrogen and oxygen atoms in total. The average Bonchev–Trinajstić information content (AvgIpc) is 2.49. The van der Waals surface area contributed by atoms with Crippen molar-refractivity contribution in [2.24, 2.45) is 5.16 Å². The molecule has 1 aromatic carbocycles. The smallest absolute Gasteiger partial charge is 0.344 e. The zero-order chi connectivity index (χ0) is 16.6. The molecule has 0 fully saturated rings. The number of ether oxygens (including phenoxy) is 1. The zero-order valence-electron chi connectivity index (χ0n) is 13.0. The van der Waals surface area contributed by atoms with Gasteiger partial charge in [0.25, 0.3) is 0 Å². The van der Waals surface area contributed by atoms with E-state index in [0.717, 1.165) is 12.0 Å². The summed E-state index contributed by atoms with van der Waals surface area (Å²) in [4.78, 5) is 28.1. The molecular formula is C17H17NO5. The Morgan fingerprint density at radius 2 is 2.04 bits per heavy atom. The molecule has 1 aromatic rings. The number of nitrogens with zero attached hydrogens (tertiary/aromatic N) is 1. The number of carboxylic acid groups (broad SMARTS) is 1. The lowest BCUT2D eigenvalue weighted by Crippen LogP contribution is -2.35. The van der Waals surface area contributed by atoms with Gasteiger partial charge in [-0.05, 0) is 26.7 Å². The second-order valence-electron chi connectivity index (χ2n) is 6.15. The Kier molecular flexibility index (Phi) is 3.67. The zero-order valence-corrected chi connectivity index (χ0v) is 13.0. The van der Waals surface area contributed by atoms with E-state index >= 15 is 0 Å². The highest BCUT2D eigenvalue weighted by Crippen LogP contribution is 2.41. The largest absolute Gasteiger partial charge is 0.487 e. The van der Waals surface area contributed by atoms with Gasteiger partial charge in [0, 0.05) is 16.7 Å². The molecule has 0 atom stereocenters. The number of carboxylic acids is 1. The minimum Gasteiger partial charge on any atom is -0.487 e. The average molecular weight is 315 g/mol. The SMILES string of the molecule is CC1(C)CCC2=C(O1)c1ccccc1C(=NOCC(=O)O)C2=O. The van der Waals surface area contributed by atoms with Gasteiger partial charge in [0.2, 0.25) is 12.4 Å². The Labute approximate surface area is 133 Å². The maximum Gasteiger partial charge on any atom is 0.344 e. The van der Waals surface area contributed by atoms with E-state index < -0.39 is 12.6 Å². The van der Waals surface area contributed by atoms with Crippen LogP contribution in [0.15, 0.2) is 35.0 Å². The van der Waals surface area contributed by atoms with Crippen LogP contribution in [0.2, 0.25) is 0 Å². The maximum atomic E-state index is 12.7. The minimum atomic E-state index is -1.14. The van der Waals surface area contributed by atoms with Gasteiger partial charge in [0.05, 0.1) is 0 Å². The number of hydrogen-bond acceptors (Lipinski definition) is 5. The van der Waals surface area contributed by atoms with Crippen molar-refractivity contribution >= 4 is 23.2 Å². The van der Waals surface area contributed by atoms with E-state index in [0.29, 0.717) is 23.3 Å². The summed E-state index contributed by atoms with van der Waals surface area (Å²) in [6.07, 6.45) is 1.32. The topological polar surface area (TPSA) is 85.2 Å². The van der Waals surface area contributed by atoms with Crippen molar-refractivity contribution in [2.45, 2.75) is 32.3 Å². The second kappa shape index (κ2) is 5.53. The number of aliphatic carboxylic acids is 1. The molecule has 0 bridgehead atoms. The predicted molar refractivity (Wildman–Crippen MR) is 82.9 cm³/mol. The fourth-order valence-corrected chi connectivity index (χ4v) is 2.76. The molecule has 3 rings (SSSR count). The monoisotopic (exact) mass is 315 g/mol. The Balaban J connectivity index is 2.06. The van der Waals surface area contributed by atoms with Gasteiger partial charge in [-0.1, -0.05) is 29.4 Å². The number of oxime groups is 1. The Hall–Kier alpha value is -2.63. The first-order chi connectivity index (χ1) is 10.9. The number of rotatable bonds is 3. The lowest BCUT2D eigenvalue weighted by molar-refractivity contribution is -0.142. The number of carbonyl (C=O) groups is 2. The maximum absolute atomic E-state index is 12.7. The van der Waals surface area contributed by atoms with Crippen LogP contribution in [-0.2, 0) is 19.2 Å². The molecular weight excluding hydrogens is 298 g/mol. The van der Waals surface area contributed by atoms with Crippen LogP contribution in [0.3, 0.4) is 0 Å². The summed E-state index contributed by atoms with van der Waals surface area (Å²) in [7, 11) is 0. The van der Waals surface area contributed by atoms with Crippen molar-refractivity contribution in [3.05, 3.63) is 41.0 Å². The van der Waals surface area contributed by atoms with Crippen molar-refractivity contribution in [3.8, 4) is 0 Å². The van der Waals surface area contributed by atoms with Crippen LogP contribution in [-0.4, -0.2) is 34.8 Å². The number of hydrogen-bond donors (Lipinski definition) is 1. The van der Waals surface area contributed by atoms with Crippen molar-refractivity contribution < 1.29 is 24.3 Å². The Bertz CT molecular complexity index is 745. The normalized spacial score (nSPS) is 20.6. The molecule has 6 heteroatoms. The summed E-state index contributed by atoms with van der Waals surface area (Å²) in [5.74, 6) is -0.813. The van der Waals surface area contributed by atoms with E-state index in [-0.39, 0.29) is 17.1 Å². The first-order valence-corrected chi connectivity index (χ1v) is 7.37. The van der Waals surface area contributed by atoms with Crippen LogP contribution in [0.5, 0.6) is 0 Å². The molecule has 0 radical (unpaired) electrons. The fourth-order valence-electron chi connectivity index (χ4n) is 2.76. The summed E-state index contributed by atoms with van der Waals surface area (Å²) in [6.45, 7) is 3.39. The standard InChI is InChI=1S/C17H17NO5/c1-17(2)8-7-12-15(21)14(18-22-9-13(19)20)10-5-3-4-6-11(10)16(12)23-17/h3-6H,7-9H2,1-2H3,(H,19,20). The summed E-state index contributed by atoms with van der Waals surface area (Å²) in [6, 6.07) is 7.27. The van der Waals surface area contributed by atoms with Crippen LogP contribution in [0.4, 0.5) is 0 Å². The van der Waals surface area contributed by atoms with Gasteiger partial charge in [-0.25, -0.2) is 4.79 Å². The molecule has 2 aliphatic rings. The van der Waals surface area contributed by atoms with Crippen LogP contribution in [0.1, 0.15) is 37.8 Å². The molecule has 0 unspecified atom stereocenters. The van der Waals surface area contributed by atoms with E-state index in [1.54, 1.807) is 12.1 Å². The van der Waals surface area contributed by atoms with Crippen molar-refractivity contribution in [2.75, 3.05) is 6.61 Å². The molecule has 1 N–H and O–H groups in total. The molecule has 0 amide bonds.